The van der Waals surface area contributed by atoms with Crippen LogP contribution in [0.15, 0.2) is 9.21 Å². The van der Waals surface area contributed by atoms with E-state index >= 15 is 0 Å². The van der Waals surface area contributed by atoms with E-state index in [0.29, 0.717) is 14.2 Å². The summed E-state index contributed by atoms with van der Waals surface area (Å²) in [6, 6.07) is 0. The Balaban J connectivity index is 3.19. The van der Waals surface area contributed by atoms with Gasteiger partial charge >= 0.3 is 0 Å². The summed E-state index contributed by atoms with van der Waals surface area (Å²) in [7, 11) is 0. The van der Waals surface area contributed by atoms with Crippen molar-refractivity contribution >= 4 is 43.5 Å². The lowest BCUT2D eigenvalue weighted by Crippen LogP contribution is -1.61. The van der Waals surface area contributed by atoms with Gasteiger partial charge in [0.2, 0.25) is 0 Å². The van der Waals surface area contributed by atoms with Crippen molar-refractivity contribution in [3.63, 3.8) is 0 Å². The quantitative estimate of drug-likeness (QED) is 0.763. The Kier molecular flexibility index (Phi) is 1.95. The van der Waals surface area contributed by atoms with Gasteiger partial charge in [0.05, 0.1) is 0 Å². The van der Waals surface area contributed by atoms with E-state index in [1.54, 1.807) is 0 Å². The third-order valence-corrected chi connectivity index (χ3v) is 2.60. The van der Waals surface area contributed by atoms with Crippen LogP contribution in [-0.4, -0.2) is 10.2 Å². The fourth-order valence-electron chi connectivity index (χ4n) is 0.287. The Labute approximate surface area is 67.9 Å². The number of nitrogens with zero attached hydrogens (tertiary/aromatic N) is 1. The van der Waals surface area contributed by atoms with E-state index in [4.69, 9.17) is 11.6 Å². The zero-order chi connectivity index (χ0) is 6.15. The van der Waals surface area contributed by atoms with E-state index in [-0.39, 0.29) is 0 Å². The molecule has 0 unspecified atom stereocenters. The lowest BCUT2D eigenvalue weighted by Gasteiger charge is -1.77. The van der Waals surface area contributed by atoms with Crippen molar-refractivity contribution in [2.75, 3.05) is 0 Å². The minimum Gasteiger partial charge on any atom is -0.269 e. The van der Waals surface area contributed by atoms with E-state index in [1.807, 2.05) is 0 Å². The second kappa shape index (κ2) is 2.37. The smallest absolute Gasteiger partial charge is 0.147 e. The molecule has 1 aromatic rings. The van der Waals surface area contributed by atoms with Crippen molar-refractivity contribution in [3.05, 3.63) is 14.2 Å². The Morgan fingerprint density at radius 2 is 2.12 bits per heavy atom. The third kappa shape index (κ3) is 1.06. The number of hydrogen-bond acceptors (Lipinski definition) is 1. The normalized spacial score (nSPS) is 9.88. The minimum atomic E-state index is 0.574. The van der Waals surface area contributed by atoms with Crippen LogP contribution in [0.2, 0.25) is 5.02 Å². The first-order chi connectivity index (χ1) is 3.72. The first-order valence-electron chi connectivity index (χ1n) is 1.76. The highest BCUT2D eigenvalue weighted by atomic mass is 79.9. The highest BCUT2D eigenvalue weighted by Gasteiger charge is 2.02. The highest BCUT2D eigenvalue weighted by molar-refractivity contribution is 9.11. The molecule has 0 aromatic carbocycles. The van der Waals surface area contributed by atoms with E-state index < -0.39 is 0 Å². The number of nitrogens with one attached hydrogen (secondary N) is 1. The van der Waals surface area contributed by atoms with Gasteiger partial charge in [0.25, 0.3) is 0 Å². The first kappa shape index (κ1) is 6.58. The van der Waals surface area contributed by atoms with Crippen molar-refractivity contribution in [1.82, 2.24) is 10.2 Å². The van der Waals surface area contributed by atoms with Gasteiger partial charge in [0, 0.05) is 0 Å². The Morgan fingerprint density at radius 1 is 1.50 bits per heavy atom. The molecule has 0 amide bonds. The molecule has 0 radical (unpaired) electrons. The SMILES string of the molecule is Clc1c(Br)n[nH]c1Br. The molecule has 44 valence electrons. The van der Waals surface area contributed by atoms with Crippen molar-refractivity contribution in [1.29, 1.82) is 0 Å². The molecular weight excluding hydrogens is 259 g/mol. The Bertz CT molecular complexity index is 178. The van der Waals surface area contributed by atoms with Gasteiger partial charge in [0.1, 0.15) is 14.2 Å². The summed E-state index contributed by atoms with van der Waals surface area (Å²) < 4.78 is 1.33. The monoisotopic (exact) mass is 258 g/mol. The van der Waals surface area contributed by atoms with Crippen LogP contribution in [0.3, 0.4) is 0 Å². The third-order valence-electron chi connectivity index (χ3n) is 0.626. The van der Waals surface area contributed by atoms with Crippen LogP contribution in [0.4, 0.5) is 0 Å². The molecule has 0 atom stereocenters. The summed E-state index contributed by atoms with van der Waals surface area (Å²) in [4.78, 5) is 0. The number of aromatic amines is 1. The van der Waals surface area contributed by atoms with E-state index in [2.05, 4.69) is 42.1 Å². The van der Waals surface area contributed by atoms with Crippen molar-refractivity contribution < 1.29 is 0 Å². The number of hydrogen-bond donors (Lipinski definition) is 1. The zero-order valence-electron chi connectivity index (χ0n) is 3.58. The van der Waals surface area contributed by atoms with Crippen LogP contribution in [-0.2, 0) is 0 Å². The topological polar surface area (TPSA) is 28.7 Å². The van der Waals surface area contributed by atoms with Crippen LogP contribution in [0.5, 0.6) is 0 Å². The van der Waals surface area contributed by atoms with Crippen molar-refractivity contribution in [2.45, 2.75) is 0 Å². The molecule has 8 heavy (non-hydrogen) atoms. The molecule has 0 aliphatic carbocycles. The van der Waals surface area contributed by atoms with Crippen LogP contribution in [0, 0.1) is 0 Å². The molecule has 1 aromatic heterocycles. The van der Waals surface area contributed by atoms with Gasteiger partial charge in [-0.1, -0.05) is 11.6 Å². The molecule has 0 saturated heterocycles. The van der Waals surface area contributed by atoms with Gasteiger partial charge in [-0.2, -0.15) is 5.10 Å². The molecular formula is C3HBr2ClN2. The average Bonchev–Trinajstić information content (AvgIpc) is 1.98. The summed E-state index contributed by atoms with van der Waals surface area (Å²) in [5.41, 5.74) is 0. The van der Waals surface area contributed by atoms with Crippen LogP contribution >= 0.6 is 43.5 Å². The Morgan fingerprint density at radius 3 is 2.25 bits per heavy atom. The van der Waals surface area contributed by atoms with Gasteiger partial charge in [-0.05, 0) is 31.9 Å². The largest absolute Gasteiger partial charge is 0.269 e. The van der Waals surface area contributed by atoms with Gasteiger partial charge in [-0.25, -0.2) is 0 Å². The second-order valence-electron chi connectivity index (χ2n) is 1.14. The Hall–Kier alpha value is 0.460. The zero-order valence-corrected chi connectivity index (χ0v) is 7.51. The lowest BCUT2D eigenvalue weighted by molar-refractivity contribution is 1.05. The average molecular weight is 260 g/mol. The van der Waals surface area contributed by atoms with Crippen LogP contribution < -0.4 is 0 Å². The number of halogens is 3. The molecule has 0 bridgehead atoms. The first-order valence-corrected chi connectivity index (χ1v) is 3.73. The van der Waals surface area contributed by atoms with Gasteiger partial charge in [-0.3, -0.25) is 5.10 Å². The summed E-state index contributed by atoms with van der Waals surface area (Å²) in [5, 5.41) is 6.93. The van der Waals surface area contributed by atoms with Gasteiger partial charge < -0.3 is 0 Å². The number of H-pyrrole nitrogens is 1. The summed E-state index contributed by atoms with van der Waals surface area (Å²) in [6.45, 7) is 0. The molecule has 0 fully saturated rings. The lowest BCUT2D eigenvalue weighted by atomic mass is 10.7. The summed E-state index contributed by atoms with van der Waals surface area (Å²) in [6.07, 6.45) is 0. The molecule has 1 rings (SSSR count). The standard InChI is InChI=1S/C3HBr2ClN2/c4-2-1(6)3(5)8-7-2/h(H,7,8). The van der Waals surface area contributed by atoms with Crippen LogP contribution in [0.25, 0.3) is 0 Å². The molecule has 1 heterocycles. The van der Waals surface area contributed by atoms with E-state index in [1.165, 1.54) is 0 Å². The molecule has 0 spiro atoms. The predicted molar refractivity (Wildman–Crippen MR) is 39.0 cm³/mol. The molecule has 0 saturated carbocycles. The summed E-state index contributed by atoms with van der Waals surface area (Å²) in [5.74, 6) is 0. The highest BCUT2D eigenvalue weighted by Crippen LogP contribution is 2.26. The van der Waals surface area contributed by atoms with Gasteiger partial charge in [0.15, 0.2) is 0 Å². The molecule has 5 heteroatoms. The predicted octanol–water partition coefficient (Wildman–Crippen LogP) is 2.59. The maximum atomic E-state index is 5.61. The van der Waals surface area contributed by atoms with Crippen molar-refractivity contribution in [2.24, 2.45) is 0 Å². The van der Waals surface area contributed by atoms with Crippen molar-refractivity contribution in [3.8, 4) is 0 Å². The molecule has 0 aliphatic heterocycles. The van der Waals surface area contributed by atoms with E-state index in [0.717, 1.165) is 0 Å². The maximum absolute atomic E-state index is 5.61. The maximum Gasteiger partial charge on any atom is 0.147 e. The number of rotatable bonds is 0. The van der Waals surface area contributed by atoms with E-state index in [9.17, 15) is 0 Å². The van der Waals surface area contributed by atoms with Crippen LogP contribution in [0.1, 0.15) is 0 Å². The molecule has 1 N–H and O–H groups in total. The van der Waals surface area contributed by atoms with Gasteiger partial charge in [-0.15, -0.1) is 0 Å². The fourth-order valence-corrected chi connectivity index (χ4v) is 1.20. The molecule has 2 nitrogen and oxygen atoms in total. The second-order valence-corrected chi connectivity index (χ2v) is 3.06. The minimum absolute atomic E-state index is 0.574. The summed E-state index contributed by atoms with van der Waals surface area (Å²) >= 11 is 11.9. The fraction of sp³-hybridized carbons (Fsp3) is 0. The number of aromatic nitrogens is 2. The molecule has 0 aliphatic rings.